The first-order chi connectivity index (χ1) is 9.88. The number of carbonyl (C=O) groups excluding carboxylic acids is 1. The number of halogens is 2. The quantitative estimate of drug-likeness (QED) is 0.755. The molecule has 0 aliphatic rings. The van der Waals surface area contributed by atoms with E-state index < -0.39 is 15.7 Å². The lowest BCUT2D eigenvalue weighted by Gasteiger charge is -2.05. The van der Waals surface area contributed by atoms with Crippen molar-refractivity contribution in [2.75, 3.05) is 5.75 Å². The summed E-state index contributed by atoms with van der Waals surface area (Å²) in [4.78, 5) is 12.1. The van der Waals surface area contributed by atoms with Crippen LogP contribution in [-0.4, -0.2) is 20.0 Å². The molecule has 21 heavy (non-hydrogen) atoms. The minimum Gasteiger partial charge on any atom is -0.294 e. The van der Waals surface area contributed by atoms with Crippen LogP contribution in [0.4, 0.5) is 4.39 Å². The second kappa shape index (κ2) is 6.49. The number of carbonyl (C=O) groups is 1. The molecule has 110 valence electrons. The first-order valence-electron chi connectivity index (χ1n) is 6.15. The summed E-state index contributed by atoms with van der Waals surface area (Å²) >= 11 is 3.21. The molecule has 2 rings (SSSR count). The number of rotatable bonds is 5. The smallest absolute Gasteiger partial charge is 0.178 e. The van der Waals surface area contributed by atoms with Gasteiger partial charge in [-0.2, -0.15) is 0 Å². The number of benzene rings is 2. The van der Waals surface area contributed by atoms with Gasteiger partial charge in [0.15, 0.2) is 15.6 Å². The van der Waals surface area contributed by atoms with E-state index in [9.17, 15) is 17.6 Å². The Hall–Kier alpha value is -1.53. The van der Waals surface area contributed by atoms with Crippen molar-refractivity contribution in [2.24, 2.45) is 0 Å². The number of ketones is 1. The molecule has 6 heteroatoms. The molecule has 0 fully saturated rings. The van der Waals surface area contributed by atoms with Crippen molar-refractivity contribution in [3.8, 4) is 0 Å². The molecule has 0 aromatic heterocycles. The van der Waals surface area contributed by atoms with Gasteiger partial charge in [-0.1, -0.05) is 22.0 Å². The van der Waals surface area contributed by atoms with E-state index in [-0.39, 0.29) is 22.9 Å². The fourth-order valence-corrected chi connectivity index (χ4v) is 3.62. The van der Waals surface area contributed by atoms with Gasteiger partial charge in [0.25, 0.3) is 0 Å². The maximum Gasteiger partial charge on any atom is 0.178 e. The van der Waals surface area contributed by atoms with Crippen LogP contribution in [0.3, 0.4) is 0 Å². The zero-order valence-electron chi connectivity index (χ0n) is 10.9. The lowest BCUT2D eigenvalue weighted by Crippen LogP contribution is -2.11. The molecule has 0 aliphatic heterocycles. The van der Waals surface area contributed by atoms with Gasteiger partial charge in [-0.25, -0.2) is 12.8 Å². The summed E-state index contributed by atoms with van der Waals surface area (Å²) in [5.74, 6) is -1.04. The van der Waals surface area contributed by atoms with Gasteiger partial charge in [0.05, 0.1) is 10.6 Å². The molecule has 0 saturated heterocycles. The lowest BCUT2D eigenvalue weighted by molar-refractivity contribution is 0.0988. The van der Waals surface area contributed by atoms with Crippen LogP contribution in [0.25, 0.3) is 0 Å². The van der Waals surface area contributed by atoms with Gasteiger partial charge in [-0.15, -0.1) is 0 Å². The normalized spacial score (nSPS) is 11.3. The number of Topliss-reactive ketones (excluding diaryl/α,β-unsaturated/α-hetero) is 1. The SMILES string of the molecule is O=C(CCS(=O)(=O)c1cccc(Br)c1)c1ccc(F)cc1. The second-order valence-electron chi connectivity index (χ2n) is 4.46. The van der Waals surface area contributed by atoms with E-state index in [1.165, 1.54) is 36.4 Å². The van der Waals surface area contributed by atoms with Crippen LogP contribution in [0.5, 0.6) is 0 Å². The Labute approximate surface area is 130 Å². The molecule has 0 radical (unpaired) electrons. The zero-order valence-corrected chi connectivity index (χ0v) is 13.3. The Morgan fingerprint density at radius 3 is 2.38 bits per heavy atom. The molecule has 0 N–H and O–H groups in total. The first kappa shape index (κ1) is 15.9. The summed E-state index contributed by atoms with van der Waals surface area (Å²) in [7, 11) is -3.52. The van der Waals surface area contributed by atoms with E-state index in [4.69, 9.17) is 0 Å². The van der Waals surface area contributed by atoms with E-state index in [1.54, 1.807) is 12.1 Å². The summed E-state index contributed by atoms with van der Waals surface area (Å²) < 4.78 is 37.7. The number of hydrogen-bond acceptors (Lipinski definition) is 3. The molecule has 0 saturated carbocycles. The third-order valence-corrected chi connectivity index (χ3v) is 5.13. The molecule has 0 spiro atoms. The van der Waals surface area contributed by atoms with Crippen molar-refractivity contribution in [1.82, 2.24) is 0 Å². The van der Waals surface area contributed by atoms with E-state index in [2.05, 4.69) is 15.9 Å². The summed E-state index contributed by atoms with van der Waals surface area (Å²) in [5.41, 5.74) is 0.306. The first-order valence-corrected chi connectivity index (χ1v) is 8.60. The molecular formula is C15H12BrFO3S. The predicted molar refractivity (Wildman–Crippen MR) is 81.5 cm³/mol. The molecule has 0 bridgehead atoms. The van der Waals surface area contributed by atoms with Gasteiger partial charge in [-0.05, 0) is 42.5 Å². The van der Waals surface area contributed by atoms with Crippen molar-refractivity contribution in [2.45, 2.75) is 11.3 Å². The summed E-state index contributed by atoms with van der Waals surface area (Å²) in [6, 6.07) is 11.4. The third kappa shape index (κ3) is 4.22. The average molecular weight is 371 g/mol. The number of sulfone groups is 1. The standard InChI is InChI=1S/C15H12BrFO3S/c16-12-2-1-3-14(10-12)21(19,20)9-8-15(18)11-4-6-13(17)7-5-11/h1-7,10H,8-9H2. The Balaban J connectivity index is 2.08. The minimum absolute atomic E-state index is 0.138. The Morgan fingerprint density at radius 1 is 1.10 bits per heavy atom. The van der Waals surface area contributed by atoms with E-state index >= 15 is 0 Å². The van der Waals surface area contributed by atoms with Gasteiger partial charge >= 0.3 is 0 Å². The van der Waals surface area contributed by atoms with Crippen LogP contribution in [0.15, 0.2) is 57.9 Å². The molecule has 3 nitrogen and oxygen atoms in total. The van der Waals surface area contributed by atoms with Crippen LogP contribution < -0.4 is 0 Å². The van der Waals surface area contributed by atoms with E-state index in [0.29, 0.717) is 10.0 Å². The predicted octanol–water partition coefficient (Wildman–Crippen LogP) is 3.63. The molecule has 2 aromatic rings. The topological polar surface area (TPSA) is 51.2 Å². The molecular weight excluding hydrogens is 359 g/mol. The molecule has 0 atom stereocenters. The summed E-state index contributed by atoms with van der Waals surface area (Å²) in [6.07, 6.45) is -0.138. The highest BCUT2D eigenvalue weighted by molar-refractivity contribution is 9.10. The van der Waals surface area contributed by atoms with Crippen LogP contribution in [0, 0.1) is 5.82 Å². The van der Waals surface area contributed by atoms with Gasteiger partial charge < -0.3 is 0 Å². The maximum absolute atomic E-state index is 12.8. The summed E-state index contributed by atoms with van der Waals surface area (Å²) in [5, 5.41) is 0. The van der Waals surface area contributed by atoms with Gasteiger partial charge in [0.2, 0.25) is 0 Å². The largest absolute Gasteiger partial charge is 0.294 e. The Bertz CT molecular complexity index is 755. The molecule has 2 aromatic carbocycles. The molecule has 0 aliphatic carbocycles. The van der Waals surface area contributed by atoms with Crippen LogP contribution >= 0.6 is 15.9 Å². The second-order valence-corrected chi connectivity index (χ2v) is 7.48. The monoisotopic (exact) mass is 370 g/mol. The van der Waals surface area contributed by atoms with Crippen molar-refractivity contribution in [1.29, 1.82) is 0 Å². The zero-order chi connectivity index (χ0) is 15.5. The van der Waals surface area contributed by atoms with Crippen LogP contribution in [0.1, 0.15) is 16.8 Å². The van der Waals surface area contributed by atoms with Crippen molar-refractivity contribution in [3.05, 3.63) is 64.4 Å². The highest BCUT2D eigenvalue weighted by Crippen LogP contribution is 2.18. The van der Waals surface area contributed by atoms with Crippen molar-refractivity contribution in [3.63, 3.8) is 0 Å². The maximum atomic E-state index is 12.8. The fourth-order valence-electron chi connectivity index (χ4n) is 1.79. The van der Waals surface area contributed by atoms with Gasteiger partial charge in [0.1, 0.15) is 5.82 Å². The Morgan fingerprint density at radius 2 is 1.76 bits per heavy atom. The van der Waals surface area contributed by atoms with Crippen molar-refractivity contribution >= 4 is 31.6 Å². The van der Waals surface area contributed by atoms with E-state index in [0.717, 1.165) is 0 Å². The highest BCUT2D eigenvalue weighted by Gasteiger charge is 2.17. The average Bonchev–Trinajstić information content (AvgIpc) is 2.45. The highest BCUT2D eigenvalue weighted by atomic mass is 79.9. The van der Waals surface area contributed by atoms with Gasteiger partial charge in [0, 0.05) is 16.5 Å². The van der Waals surface area contributed by atoms with E-state index in [1.807, 2.05) is 0 Å². The van der Waals surface area contributed by atoms with Crippen molar-refractivity contribution < 1.29 is 17.6 Å². The van der Waals surface area contributed by atoms with Crippen LogP contribution in [-0.2, 0) is 9.84 Å². The fraction of sp³-hybridized carbons (Fsp3) is 0.133. The molecule has 0 unspecified atom stereocenters. The lowest BCUT2D eigenvalue weighted by atomic mass is 10.1. The van der Waals surface area contributed by atoms with Crippen LogP contribution in [0.2, 0.25) is 0 Å². The number of hydrogen-bond donors (Lipinski definition) is 0. The van der Waals surface area contributed by atoms with Gasteiger partial charge in [-0.3, -0.25) is 4.79 Å². The Kier molecular flexibility index (Phi) is 4.90. The molecule has 0 amide bonds. The molecule has 0 heterocycles. The minimum atomic E-state index is -3.52. The third-order valence-electron chi connectivity index (χ3n) is 2.92. The summed E-state index contributed by atoms with van der Waals surface area (Å²) in [6.45, 7) is 0.